The van der Waals surface area contributed by atoms with Crippen molar-refractivity contribution in [3.63, 3.8) is 0 Å². The van der Waals surface area contributed by atoms with Gasteiger partial charge in [0.2, 0.25) is 16.5 Å². The number of halogens is 2. The number of rotatable bonds is 4. The highest BCUT2D eigenvalue weighted by atomic mass is 35.5. The highest BCUT2D eigenvalue weighted by Crippen LogP contribution is 2.18. The molecule has 21 heavy (non-hydrogen) atoms. The van der Waals surface area contributed by atoms with E-state index in [1.807, 2.05) is 4.72 Å². The van der Waals surface area contributed by atoms with Gasteiger partial charge in [0.25, 0.3) is 15.7 Å². The lowest BCUT2D eigenvalue weighted by Gasteiger charge is -2.06. The number of nitrogens with zero attached hydrogens (tertiary/aromatic N) is 4. The fourth-order valence-electron chi connectivity index (χ4n) is 1.30. The molecule has 110 valence electrons. The van der Waals surface area contributed by atoms with Gasteiger partial charge in [-0.3, -0.25) is 10.1 Å². The first kappa shape index (κ1) is 15.4. The van der Waals surface area contributed by atoms with Crippen LogP contribution in [0.4, 0.5) is 11.6 Å². The fourth-order valence-corrected chi connectivity index (χ4v) is 2.61. The van der Waals surface area contributed by atoms with Gasteiger partial charge in [0, 0.05) is 12.1 Å². The van der Waals surface area contributed by atoms with E-state index in [0.29, 0.717) is 0 Å². The normalized spacial score (nSPS) is 11.1. The molecular weight excluding hydrogens is 345 g/mol. The lowest BCUT2D eigenvalue weighted by atomic mass is 10.3. The largest absolute Gasteiger partial charge is 0.269 e. The predicted molar refractivity (Wildman–Crippen MR) is 73.8 cm³/mol. The molecule has 0 bridgehead atoms. The van der Waals surface area contributed by atoms with E-state index < -0.39 is 14.9 Å². The van der Waals surface area contributed by atoms with Crippen LogP contribution in [-0.4, -0.2) is 28.3 Å². The van der Waals surface area contributed by atoms with Crippen LogP contribution in [0.5, 0.6) is 0 Å². The maximum atomic E-state index is 12.0. The SMILES string of the molecule is O=[N+]([O-])c1ccc(S(=O)(=O)Nc2nc(Cl)nc(Cl)n2)cc1. The topological polar surface area (TPSA) is 128 Å². The van der Waals surface area contributed by atoms with Gasteiger partial charge < -0.3 is 0 Å². The van der Waals surface area contributed by atoms with Crippen molar-refractivity contribution < 1.29 is 13.3 Å². The second-order valence-electron chi connectivity index (χ2n) is 3.55. The average Bonchev–Trinajstić information content (AvgIpc) is 2.37. The average molecular weight is 350 g/mol. The molecule has 1 N–H and O–H groups in total. The summed E-state index contributed by atoms with van der Waals surface area (Å²) >= 11 is 11.0. The molecule has 0 fully saturated rings. The van der Waals surface area contributed by atoms with Gasteiger partial charge in [-0.05, 0) is 35.3 Å². The molecule has 1 aromatic heterocycles. The monoisotopic (exact) mass is 349 g/mol. The Morgan fingerprint density at radius 2 is 1.57 bits per heavy atom. The van der Waals surface area contributed by atoms with Crippen molar-refractivity contribution in [3.8, 4) is 0 Å². The van der Waals surface area contributed by atoms with Crippen LogP contribution in [0.3, 0.4) is 0 Å². The predicted octanol–water partition coefficient (Wildman–Crippen LogP) is 1.89. The summed E-state index contributed by atoms with van der Waals surface area (Å²) in [4.78, 5) is 20.2. The summed E-state index contributed by atoms with van der Waals surface area (Å²) in [5, 5.41) is 9.95. The molecule has 0 aliphatic carbocycles. The van der Waals surface area contributed by atoms with Crippen LogP contribution in [0.1, 0.15) is 0 Å². The van der Waals surface area contributed by atoms with Gasteiger partial charge in [-0.15, -0.1) is 0 Å². The quantitative estimate of drug-likeness (QED) is 0.658. The number of nitro benzene ring substituents is 1. The van der Waals surface area contributed by atoms with Crippen LogP contribution in [0.25, 0.3) is 0 Å². The summed E-state index contributed by atoms with van der Waals surface area (Å²) < 4.78 is 26.1. The van der Waals surface area contributed by atoms with E-state index >= 15 is 0 Å². The van der Waals surface area contributed by atoms with Crippen LogP contribution in [0, 0.1) is 10.1 Å². The third kappa shape index (κ3) is 3.74. The number of benzene rings is 1. The summed E-state index contributed by atoms with van der Waals surface area (Å²) in [6.07, 6.45) is 0. The molecular formula is C9H5Cl2N5O4S. The second-order valence-corrected chi connectivity index (χ2v) is 5.91. The van der Waals surface area contributed by atoms with Crippen LogP contribution < -0.4 is 4.72 Å². The molecule has 12 heteroatoms. The van der Waals surface area contributed by atoms with Crippen molar-refractivity contribution in [2.24, 2.45) is 0 Å². The maximum absolute atomic E-state index is 12.0. The lowest BCUT2D eigenvalue weighted by molar-refractivity contribution is -0.384. The summed E-state index contributed by atoms with van der Waals surface area (Å²) in [5.41, 5.74) is -0.236. The van der Waals surface area contributed by atoms with Crippen molar-refractivity contribution in [2.45, 2.75) is 4.90 Å². The third-order valence-electron chi connectivity index (χ3n) is 2.16. The second kappa shape index (κ2) is 5.76. The van der Waals surface area contributed by atoms with Crippen molar-refractivity contribution in [2.75, 3.05) is 4.72 Å². The summed E-state index contributed by atoms with van der Waals surface area (Å²) in [7, 11) is -4.03. The number of hydrogen-bond acceptors (Lipinski definition) is 7. The Morgan fingerprint density at radius 1 is 1.05 bits per heavy atom. The molecule has 0 saturated carbocycles. The van der Waals surface area contributed by atoms with Crippen molar-refractivity contribution >= 4 is 44.9 Å². The van der Waals surface area contributed by atoms with Crippen LogP contribution in [-0.2, 0) is 10.0 Å². The van der Waals surface area contributed by atoms with Crippen LogP contribution >= 0.6 is 23.2 Å². The molecule has 9 nitrogen and oxygen atoms in total. The van der Waals surface area contributed by atoms with Gasteiger partial charge in [0.05, 0.1) is 9.82 Å². The van der Waals surface area contributed by atoms with Crippen molar-refractivity contribution in [1.29, 1.82) is 0 Å². The summed E-state index contributed by atoms with van der Waals surface area (Å²) in [5.74, 6) is -0.363. The maximum Gasteiger partial charge on any atom is 0.269 e. The molecule has 0 unspecified atom stereocenters. The Morgan fingerprint density at radius 3 is 2.05 bits per heavy atom. The van der Waals surface area contributed by atoms with Gasteiger partial charge in [-0.2, -0.15) is 15.0 Å². The van der Waals surface area contributed by atoms with Gasteiger partial charge in [0.15, 0.2) is 0 Å². The lowest BCUT2D eigenvalue weighted by Crippen LogP contribution is -2.15. The molecule has 0 aliphatic rings. The zero-order chi connectivity index (χ0) is 15.6. The molecule has 0 saturated heterocycles. The van der Waals surface area contributed by atoms with Gasteiger partial charge in [-0.25, -0.2) is 13.1 Å². The van der Waals surface area contributed by atoms with E-state index in [4.69, 9.17) is 23.2 Å². The number of sulfonamides is 1. The highest BCUT2D eigenvalue weighted by Gasteiger charge is 2.18. The Labute approximate surface area is 128 Å². The van der Waals surface area contributed by atoms with Gasteiger partial charge in [0.1, 0.15) is 0 Å². The molecule has 2 rings (SSSR count). The first-order valence-electron chi connectivity index (χ1n) is 5.12. The Kier molecular flexibility index (Phi) is 4.21. The number of anilines is 1. The minimum Gasteiger partial charge on any atom is -0.258 e. The number of aromatic nitrogens is 3. The summed E-state index contributed by atoms with van der Waals surface area (Å²) in [6, 6.07) is 4.26. The first-order valence-corrected chi connectivity index (χ1v) is 7.36. The van der Waals surface area contributed by atoms with E-state index in [9.17, 15) is 18.5 Å². The molecule has 0 amide bonds. The van der Waals surface area contributed by atoms with Crippen molar-refractivity contribution in [3.05, 3.63) is 44.9 Å². The minimum absolute atomic E-state index is 0.208. The van der Waals surface area contributed by atoms with E-state index in [1.165, 1.54) is 0 Å². The highest BCUT2D eigenvalue weighted by molar-refractivity contribution is 7.92. The molecule has 2 aromatic rings. The smallest absolute Gasteiger partial charge is 0.258 e. The zero-order valence-corrected chi connectivity index (χ0v) is 12.2. The Balaban J connectivity index is 2.31. The van der Waals surface area contributed by atoms with Gasteiger partial charge >= 0.3 is 0 Å². The zero-order valence-electron chi connectivity index (χ0n) is 9.90. The molecule has 0 spiro atoms. The van der Waals surface area contributed by atoms with Crippen LogP contribution in [0.2, 0.25) is 10.6 Å². The molecule has 0 aliphatic heterocycles. The number of nitro groups is 1. The number of hydrogen-bond donors (Lipinski definition) is 1. The molecule has 1 aromatic carbocycles. The third-order valence-corrected chi connectivity index (χ3v) is 3.85. The molecule has 0 atom stereocenters. The van der Waals surface area contributed by atoms with E-state index in [-0.39, 0.29) is 27.1 Å². The van der Waals surface area contributed by atoms with Crippen LogP contribution in [0.15, 0.2) is 29.2 Å². The van der Waals surface area contributed by atoms with E-state index in [1.54, 1.807) is 0 Å². The Bertz CT molecular complexity index is 776. The van der Waals surface area contributed by atoms with E-state index in [2.05, 4.69) is 15.0 Å². The standard InChI is InChI=1S/C9H5Cl2N5O4S/c10-7-12-8(11)14-9(13-7)15-21(19,20)6-3-1-5(2-4-6)16(17)18/h1-4H,(H,12,13,14,15). The number of nitrogens with one attached hydrogen (secondary N) is 1. The summed E-state index contributed by atoms with van der Waals surface area (Å²) in [6.45, 7) is 0. The Hall–Kier alpha value is -2.04. The van der Waals surface area contributed by atoms with Crippen molar-refractivity contribution in [1.82, 2.24) is 15.0 Å². The van der Waals surface area contributed by atoms with E-state index in [0.717, 1.165) is 24.3 Å². The fraction of sp³-hybridized carbons (Fsp3) is 0. The minimum atomic E-state index is -4.03. The first-order chi connectivity index (χ1) is 9.78. The van der Waals surface area contributed by atoms with Gasteiger partial charge in [-0.1, -0.05) is 0 Å². The molecule has 0 radical (unpaired) electrons. The molecule has 1 heterocycles. The number of non-ortho nitro benzene ring substituents is 1.